The molecule has 8 nitrogen and oxygen atoms in total. The lowest BCUT2D eigenvalue weighted by Crippen LogP contribution is -2.40. The average molecular weight is 404 g/mol. The number of rotatable bonds is 7. The highest BCUT2D eigenvalue weighted by Crippen LogP contribution is 2.18. The summed E-state index contributed by atoms with van der Waals surface area (Å²) in [5.41, 5.74) is 1.16. The van der Waals surface area contributed by atoms with Crippen molar-refractivity contribution in [1.82, 2.24) is 4.31 Å². The van der Waals surface area contributed by atoms with Crippen LogP contribution in [0.1, 0.15) is 20.7 Å². The van der Waals surface area contributed by atoms with Gasteiger partial charge in [-0.25, -0.2) is 13.2 Å². The second kappa shape index (κ2) is 8.51. The van der Waals surface area contributed by atoms with Gasteiger partial charge in [0, 0.05) is 24.3 Å². The maximum Gasteiger partial charge on any atom is 0.335 e. The van der Waals surface area contributed by atoms with Gasteiger partial charge in [0.05, 0.1) is 30.2 Å². The van der Waals surface area contributed by atoms with Crippen molar-refractivity contribution >= 4 is 27.5 Å². The summed E-state index contributed by atoms with van der Waals surface area (Å²) in [5.74, 6) is -1.23. The van der Waals surface area contributed by atoms with E-state index in [-0.39, 0.29) is 22.8 Å². The van der Waals surface area contributed by atoms with Crippen molar-refractivity contribution in [1.29, 1.82) is 0 Å². The van der Waals surface area contributed by atoms with Crippen molar-refractivity contribution in [2.45, 2.75) is 4.90 Å². The van der Waals surface area contributed by atoms with E-state index in [1.54, 1.807) is 12.1 Å². The first-order valence-electron chi connectivity index (χ1n) is 8.66. The van der Waals surface area contributed by atoms with Crippen LogP contribution in [0.4, 0.5) is 5.69 Å². The summed E-state index contributed by atoms with van der Waals surface area (Å²) in [4.78, 5) is 23.3. The molecule has 1 fully saturated rings. The predicted molar refractivity (Wildman–Crippen MR) is 102 cm³/mol. The Labute approximate surface area is 162 Å². The molecule has 2 aromatic carbocycles. The highest BCUT2D eigenvalue weighted by Gasteiger charge is 2.26. The Morgan fingerprint density at radius 1 is 0.964 bits per heavy atom. The molecule has 0 spiro atoms. The molecule has 9 heteroatoms. The Morgan fingerprint density at radius 2 is 1.54 bits per heavy atom. The number of carboxylic acid groups (broad SMARTS) is 1. The summed E-state index contributed by atoms with van der Waals surface area (Å²) in [5, 5.41) is 11.8. The maximum absolute atomic E-state index is 12.6. The summed E-state index contributed by atoms with van der Waals surface area (Å²) in [6.07, 6.45) is 0. The number of ketones is 1. The number of hydrogen-bond donors (Lipinski definition) is 2. The van der Waals surface area contributed by atoms with Gasteiger partial charge in [-0.3, -0.25) is 4.79 Å². The SMILES string of the molecule is O=C(O)c1ccc(NCC(=O)c2ccc(S(=O)(=O)N3CCOCC3)cc2)cc1. The van der Waals surface area contributed by atoms with Crippen LogP contribution in [0.5, 0.6) is 0 Å². The Balaban J connectivity index is 1.62. The summed E-state index contributed by atoms with van der Waals surface area (Å²) < 4.78 is 31.7. The number of carbonyl (C=O) groups excluding carboxylic acids is 1. The molecule has 0 bridgehead atoms. The van der Waals surface area contributed by atoms with Gasteiger partial charge in [0.1, 0.15) is 0 Å². The Kier molecular flexibility index (Phi) is 6.08. The number of hydrogen-bond acceptors (Lipinski definition) is 6. The van der Waals surface area contributed by atoms with E-state index in [0.717, 1.165) is 0 Å². The zero-order valence-corrected chi connectivity index (χ0v) is 15.8. The number of nitrogens with one attached hydrogen (secondary N) is 1. The minimum Gasteiger partial charge on any atom is -0.478 e. The maximum atomic E-state index is 12.6. The number of ether oxygens (including phenoxy) is 1. The fraction of sp³-hybridized carbons (Fsp3) is 0.263. The average Bonchev–Trinajstić information content (AvgIpc) is 2.73. The molecule has 0 radical (unpaired) electrons. The van der Waals surface area contributed by atoms with Crippen LogP contribution in [0.2, 0.25) is 0 Å². The molecular weight excluding hydrogens is 384 g/mol. The lowest BCUT2D eigenvalue weighted by atomic mass is 10.1. The fourth-order valence-electron chi connectivity index (χ4n) is 2.76. The highest BCUT2D eigenvalue weighted by molar-refractivity contribution is 7.89. The first-order valence-corrected chi connectivity index (χ1v) is 10.1. The van der Waals surface area contributed by atoms with E-state index >= 15 is 0 Å². The molecule has 2 N–H and O–H groups in total. The second-order valence-corrected chi connectivity index (χ2v) is 8.14. The number of morpholine rings is 1. The predicted octanol–water partition coefficient (Wildman–Crippen LogP) is 1.70. The number of carboxylic acids is 1. The fourth-order valence-corrected chi connectivity index (χ4v) is 4.17. The molecule has 1 heterocycles. The Bertz CT molecular complexity index is 949. The van der Waals surface area contributed by atoms with E-state index in [2.05, 4.69) is 5.32 Å². The van der Waals surface area contributed by atoms with Crippen LogP contribution >= 0.6 is 0 Å². The number of anilines is 1. The lowest BCUT2D eigenvalue weighted by Gasteiger charge is -2.26. The van der Waals surface area contributed by atoms with Gasteiger partial charge in [-0.1, -0.05) is 0 Å². The van der Waals surface area contributed by atoms with E-state index in [9.17, 15) is 18.0 Å². The highest BCUT2D eigenvalue weighted by atomic mass is 32.2. The van der Waals surface area contributed by atoms with Gasteiger partial charge in [0.2, 0.25) is 10.0 Å². The van der Waals surface area contributed by atoms with Gasteiger partial charge in [-0.15, -0.1) is 0 Å². The van der Waals surface area contributed by atoms with Crippen molar-refractivity contribution < 1.29 is 27.9 Å². The molecule has 1 saturated heterocycles. The van der Waals surface area contributed by atoms with Crippen molar-refractivity contribution in [3.63, 3.8) is 0 Å². The molecule has 2 aromatic rings. The van der Waals surface area contributed by atoms with Gasteiger partial charge in [-0.05, 0) is 48.5 Å². The van der Waals surface area contributed by atoms with Gasteiger partial charge >= 0.3 is 5.97 Å². The second-order valence-electron chi connectivity index (χ2n) is 6.20. The van der Waals surface area contributed by atoms with E-state index in [0.29, 0.717) is 37.6 Å². The molecule has 1 aliphatic heterocycles. The largest absolute Gasteiger partial charge is 0.478 e. The normalized spacial score (nSPS) is 15.1. The molecule has 1 aliphatic rings. The molecule has 0 unspecified atom stereocenters. The molecule has 0 aromatic heterocycles. The molecule has 148 valence electrons. The van der Waals surface area contributed by atoms with E-state index in [1.165, 1.54) is 40.7 Å². The molecule has 0 atom stereocenters. The monoisotopic (exact) mass is 404 g/mol. The number of sulfonamides is 1. The van der Waals surface area contributed by atoms with Crippen LogP contribution in [-0.2, 0) is 14.8 Å². The van der Waals surface area contributed by atoms with Crippen LogP contribution in [-0.4, -0.2) is 62.4 Å². The molecule has 0 amide bonds. The number of carbonyl (C=O) groups is 2. The Morgan fingerprint density at radius 3 is 2.11 bits per heavy atom. The Hall–Kier alpha value is -2.75. The summed E-state index contributed by atoms with van der Waals surface area (Å²) in [7, 11) is -3.59. The smallest absolute Gasteiger partial charge is 0.335 e. The summed E-state index contributed by atoms with van der Waals surface area (Å²) >= 11 is 0. The van der Waals surface area contributed by atoms with Gasteiger partial charge in [0.15, 0.2) is 5.78 Å². The molecule has 0 aliphatic carbocycles. The molecule has 0 saturated carbocycles. The van der Waals surface area contributed by atoms with Crippen LogP contribution in [0.25, 0.3) is 0 Å². The summed E-state index contributed by atoms with van der Waals surface area (Å²) in [6, 6.07) is 11.9. The third-order valence-electron chi connectivity index (χ3n) is 4.37. The van der Waals surface area contributed by atoms with Crippen molar-refractivity contribution in [3.8, 4) is 0 Å². The van der Waals surface area contributed by atoms with Crippen LogP contribution in [0, 0.1) is 0 Å². The van der Waals surface area contributed by atoms with Crippen LogP contribution < -0.4 is 5.32 Å². The van der Waals surface area contributed by atoms with Crippen molar-refractivity contribution in [3.05, 3.63) is 59.7 Å². The van der Waals surface area contributed by atoms with E-state index < -0.39 is 16.0 Å². The van der Waals surface area contributed by atoms with Gasteiger partial charge in [0.25, 0.3) is 0 Å². The zero-order valence-electron chi connectivity index (χ0n) is 15.0. The zero-order chi connectivity index (χ0) is 20.1. The lowest BCUT2D eigenvalue weighted by molar-refractivity contribution is 0.0696. The van der Waals surface area contributed by atoms with E-state index in [1.807, 2.05) is 0 Å². The first-order chi connectivity index (χ1) is 13.4. The summed E-state index contributed by atoms with van der Waals surface area (Å²) in [6.45, 7) is 1.37. The van der Waals surface area contributed by atoms with E-state index in [4.69, 9.17) is 9.84 Å². The van der Waals surface area contributed by atoms with Gasteiger partial charge in [-0.2, -0.15) is 4.31 Å². The number of aromatic carboxylic acids is 1. The first kappa shape index (κ1) is 20.0. The quantitative estimate of drug-likeness (QED) is 0.675. The number of benzene rings is 2. The van der Waals surface area contributed by atoms with Gasteiger partial charge < -0.3 is 15.2 Å². The van der Waals surface area contributed by atoms with Crippen molar-refractivity contribution in [2.24, 2.45) is 0 Å². The third kappa shape index (κ3) is 4.56. The molecule has 28 heavy (non-hydrogen) atoms. The molecular formula is C19H20N2O6S. The minimum atomic E-state index is -3.59. The van der Waals surface area contributed by atoms with Crippen LogP contribution in [0.3, 0.4) is 0 Å². The topological polar surface area (TPSA) is 113 Å². The molecule has 3 rings (SSSR count). The minimum absolute atomic E-state index is 0.00196. The van der Waals surface area contributed by atoms with Crippen molar-refractivity contribution in [2.75, 3.05) is 38.2 Å². The van der Waals surface area contributed by atoms with Crippen LogP contribution in [0.15, 0.2) is 53.4 Å². The third-order valence-corrected chi connectivity index (χ3v) is 6.28. The number of nitrogens with zero attached hydrogens (tertiary/aromatic N) is 1. The standard InChI is InChI=1S/C19H20N2O6S/c22-18(13-20-16-5-1-15(2-6-16)19(23)24)14-3-7-17(8-4-14)28(25,26)21-9-11-27-12-10-21/h1-8,20H,9-13H2,(H,23,24). The number of Topliss-reactive ketones (excluding diaryl/α,β-unsaturated/α-hetero) is 1.